The molecule has 6 nitrogen and oxygen atoms in total. The molecule has 0 bridgehead atoms. The van der Waals surface area contributed by atoms with Gasteiger partial charge in [-0.1, -0.05) is 11.6 Å². The molecule has 1 rings (SSSR count). The summed E-state index contributed by atoms with van der Waals surface area (Å²) in [6.45, 7) is 0. The van der Waals surface area contributed by atoms with Gasteiger partial charge >= 0.3 is 11.9 Å². The van der Waals surface area contributed by atoms with Gasteiger partial charge in [-0.3, -0.25) is 9.59 Å². The lowest BCUT2D eigenvalue weighted by Crippen LogP contribution is -2.43. The third kappa shape index (κ3) is 6.50. The molecule has 1 aromatic carbocycles. The van der Waals surface area contributed by atoms with Crippen molar-refractivity contribution in [1.29, 1.82) is 0 Å². The molecule has 0 aliphatic carbocycles. The minimum absolute atomic E-state index is 0.0343. The van der Waals surface area contributed by atoms with Crippen LogP contribution in [-0.4, -0.2) is 41.9 Å². The SMILES string of the molecule is COC(=O)C[C@H](NC(=O)CSc1ccc(Cl)cc1)C(=O)O. The van der Waals surface area contributed by atoms with Crippen LogP contribution < -0.4 is 5.32 Å². The molecule has 8 heteroatoms. The van der Waals surface area contributed by atoms with E-state index in [-0.39, 0.29) is 5.75 Å². The van der Waals surface area contributed by atoms with E-state index in [1.54, 1.807) is 24.3 Å². The average Bonchev–Trinajstić information content (AvgIpc) is 2.45. The van der Waals surface area contributed by atoms with E-state index in [4.69, 9.17) is 16.7 Å². The van der Waals surface area contributed by atoms with Crippen LogP contribution in [0, 0.1) is 0 Å². The van der Waals surface area contributed by atoms with Gasteiger partial charge in [0.05, 0.1) is 19.3 Å². The second-order valence-electron chi connectivity index (χ2n) is 3.98. The van der Waals surface area contributed by atoms with Crippen molar-refractivity contribution in [2.45, 2.75) is 17.4 Å². The lowest BCUT2D eigenvalue weighted by Gasteiger charge is -2.13. The fourth-order valence-corrected chi connectivity index (χ4v) is 2.20. The van der Waals surface area contributed by atoms with Crippen LogP contribution in [0.4, 0.5) is 0 Å². The van der Waals surface area contributed by atoms with Gasteiger partial charge in [0.15, 0.2) is 0 Å². The molecule has 0 aliphatic rings. The summed E-state index contributed by atoms with van der Waals surface area (Å²) in [5.41, 5.74) is 0. The fraction of sp³-hybridized carbons (Fsp3) is 0.308. The second-order valence-corrected chi connectivity index (χ2v) is 5.47. The van der Waals surface area contributed by atoms with Gasteiger partial charge in [-0.15, -0.1) is 11.8 Å². The quantitative estimate of drug-likeness (QED) is 0.582. The zero-order chi connectivity index (χ0) is 15.8. The van der Waals surface area contributed by atoms with E-state index in [9.17, 15) is 14.4 Å². The molecule has 0 spiro atoms. The van der Waals surface area contributed by atoms with Crippen molar-refractivity contribution in [3.63, 3.8) is 0 Å². The van der Waals surface area contributed by atoms with Crippen LogP contribution in [0.15, 0.2) is 29.2 Å². The molecule has 0 unspecified atom stereocenters. The molecule has 1 amide bonds. The number of thioether (sulfide) groups is 1. The summed E-state index contributed by atoms with van der Waals surface area (Å²) in [6.07, 6.45) is -0.414. The monoisotopic (exact) mass is 331 g/mol. The summed E-state index contributed by atoms with van der Waals surface area (Å²) in [7, 11) is 1.15. The molecule has 0 aromatic heterocycles. The third-order valence-electron chi connectivity index (χ3n) is 2.42. The number of hydrogen-bond donors (Lipinski definition) is 2. The molecule has 21 heavy (non-hydrogen) atoms. The maximum atomic E-state index is 11.7. The van der Waals surface area contributed by atoms with Crippen molar-refractivity contribution in [3.8, 4) is 0 Å². The molecule has 0 radical (unpaired) electrons. The van der Waals surface area contributed by atoms with Crippen molar-refractivity contribution >= 4 is 41.2 Å². The highest BCUT2D eigenvalue weighted by Gasteiger charge is 2.23. The number of aliphatic carboxylic acids is 1. The van der Waals surface area contributed by atoms with Gasteiger partial charge in [0, 0.05) is 9.92 Å². The Morgan fingerprint density at radius 3 is 2.48 bits per heavy atom. The third-order valence-corrected chi connectivity index (χ3v) is 3.68. The van der Waals surface area contributed by atoms with Gasteiger partial charge in [0.1, 0.15) is 6.04 Å². The number of nitrogens with one attached hydrogen (secondary N) is 1. The molecule has 0 aliphatic heterocycles. The Morgan fingerprint density at radius 2 is 1.95 bits per heavy atom. The van der Waals surface area contributed by atoms with E-state index < -0.39 is 30.3 Å². The van der Waals surface area contributed by atoms with Gasteiger partial charge in [0.2, 0.25) is 5.91 Å². The molecule has 0 heterocycles. The number of hydrogen-bond acceptors (Lipinski definition) is 5. The molecule has 114 valence electrons. The predicted molar refractivity (Wildman–Crippen MR) is 78.4 cm³/mol. The van der Waals surface area contributed by atoms with Crippen molar-refractivity contribution in [2.24, 2.45) is 0 Å². The molecular weight excluding hydrogens is 318 g/mol. The van der Waals surface area contributed by atoms with Crippen molar-refractivity contribution in [1.82, 2.24) is 5.32 Å². The molecular formula is C13H14ClNO5S. The van der Waals surface area contributed by atoms with Gasteiger partial charge in [0.25, 0.3) is 0 Å². The number of halogens is 1. The summed E-state index contributed by atoms with van der Waals surface area (Å²) >= 11 is 6.98. The summed E-state index contributed by atoms with van der Waals surface area (Å²) in [5, 5.41) is 11.8. The standard InChI is InChI=1S/C13H14ClNO5S/c1-20-12(17)6-10(13(18)19)15-11(16)7-21-9-4-2-8(14)3-5-9/h2-5,10H,6-7H2,1H3,(H,15,16)(H,18,19)/t10-/m0/s1. The predicted octanol–water partition coefficient (Wildman–Crippen LogP) is 1.56. The van der Waals surface area contributed by atoms with Gasteiger partial charge in [-0.25, -0.2) is 4.79 Å². The first-order valence-electron chi connectivity index (χ1n) is 5.89. The van der Waals surface area contributed by atoms with Gasteiger partial charge in [-0.05, 0) is 24.3 Å². The lowest BCUT2D eigenvalue weighted by atomic mass is 10.2. The Bertz CT molecular complexity index is 520. The van der Waals surface area contributed by atoms with E-state index in [0.717, 1.165) is 12.0 Å². The molecule has 0 fully saturated rings. The number of ether oxygens (including phenoxy) is 1. The van der Waals surface area contributed by atoms with E-state index in [2.05, 4.69) is 10.1 Å². The lowest BCUT2D eigenvalue weighted by molar-refractivity contribution is -0.148. The number of carboxylic acids is 1. The molecule has 1 atom stereocenters. The highest BCUT2D eigenvalue weighted by Crippen LogP contribution is 2.19. The summed E-state index contributed by atoms with van der Waals surface area (Å²) < 4.78 is 4.38. The Morgan fingerprint density at radius 1 is 1.33 bits per heavy atom. The smallest absolute Gasteiger partial charge is 0.326 e. The van der Waals surface area contributed by atoms with Crippen molar-refractivity contribution in [2.75, 3.05) is 12.9 Å². The van der Waals surface area contributed by atoms with Crippen LogP contribution in [0.2, 0.25) is 5.02 Å². The Labute approximate surface area is 130 Å². The number of carboxylic acid groups (broad SMARTS) is 1. The highest BCUT2D eigenvalue weighted by molar-refractivity contribution is 8.00. The van der Waals surface area contributed by atoms with E-state index in [1.807, 2.05) is 0 Å². The first-order chi connectivity index (χ1) is 9.92. The minimum Gasteiger partial charge on any atom is -0.480 e. The van der Waals surface area contributed by atoms with E-state index in [1.165, 1.54) is 11.8 Å². The maximum Gasteiger partial charge on any atom is 0.326 e. The van der Waals surface area contributed by atoms with Crippen LogP contribution in [-0.2, 0) is 19.1 Å². The number of rotatable bonds is 7. The minimum atomic E-state index is -1.30. The Kier molecular flexibility index (Phi) is 7.04. The summed E-state index contributed by atoms with van der Waals surface area (Å²) in [4.78, 5) is 34.5. The topological polar surface area (TPSA) is 92.7 Å². The van der Waals surface area contributed by atoms with Crippen LogP contribution in [0.3, 0.4) is 0 Å². The largest absolute Gasteiger partial charge is 0.480 e. The zero-order valence-corrected chi connectivity index (χ0v) is 12.7. The van der Waals surface area contributed by atoms with Crippen molar-refractivity contribution < 1.29 is 24.2 Å². The molecule has 2 N–H and O–H groups in total. The Balaban J connectivity index is 2.48. The van der Waals surface area contributed by atoms with Crippen LogP contribution in [0.5, 0.6) is 0 Å². The molecule has 0 saturated carbocycles. The normalized spacial score (nSPS) is 11.5. The number of methoxy groups -OCH3 is 1. The van der Waals surface area contributed by atoms with Gasteiger partial charge in [-0.2, -0.15) is 0 Å². The first kappa shape index (κ1) is 17.3. The number of amides is 1. The van der Waals surface area contributed by atoms with Crippen molar-refractivity contribution in [3.05, 3.63) is 29.3 Å². The number of carbonyl (C=O) groups is 3. The van der Waals surface area contributed by atoms with Crippen LogP contribution >= 0.6 is 23.4 Å². The van der Waals surface area contributed by atoms with E-state index >= 15 is 0 Å². The summed E-state index contributed by atoms with van der Waals surface area (Å²) in [6, 6.07) is 5.60. The molecule has 0 saturated heterocycles. The summed E-state index contributed by atoms with van der Waals surface area (Å²) in [5.74, 6) is -2.43. The number of carbonyl (C=O) groups excluding carboxylic acids is 2. The second kappa shape index (κ2) is 8.53. The highest BCUT2D eigenvalue weighted by atomic mass is 35.5. The van der Waals surface area contributed by atoms with E-state index in [0.29, 0.717) is 5.02 Å². The maximum absolute atomic E-state index is 11.7. The van der Waals surface area contributed by atoms with Crippen LogP contribution in [0.1, 0.15) is 6.42 Å². The number of esters is 1. The van der Waals surface area contributed by atoms with Crippen LogP contribution in [0.25, 0.3) is 0 Å². The zero-order valence-electron chi connectivity index (χ0n) is 11.2. The fourth-order valence-electron chi connectivity index (χ4n) is 1.37. The first-order valence-corrected chi connectivity index (χ1v) is 7.26. The molecule has 1 aromatic rings. The number of benzene rings is 1. The van der Waals surface area contributed by atoms with Gasteiger partial charge < -0.3 is 15.2 Å². The average molecular weight is 332 g/mol. The Hall–Kier alpha value is -1.73.